The quantitative estimate of drug-likeness (QED) is 0.243. The van der Waals surface area contributed by atoms with Crippen LogP contribution in [0.25, 0.3) is 0 Å². The molecule has 0 spiro atoms. The maximum absolute atomic E-state index is 7.60. The zero-order valence-electron chi connectivity index (χ0n) is 33.8. The summed E-state index contributed by atoms with van der Waals surface area (Å²) in [6.45, 7) is 0. The van der Waals surface area contributed by atoms with Gasteiger partial charge in [0.05, 0.1) is 18.2 Å². The summed E-state index contributed by atoms with van der Waals surface area (Å²) in [6.07, 6.45) is 21.8. The predicted octanol–water partition coefficient (Wildman–Crippen LogP) is 12.7. The molecule has 17 unspecified atom stereocenters. The zero-order valence-corrected chi connectivity index (χ0v) is 37.3. The molecule has 5 aliphatic carbocycles. The van der Waals surface area contributed by atoms with Crippen LogP contribution in [0.1, 0.15) is 96.3 Å². The maximum Gasteiger partial charge on any atom is 0.198 e. The lowest BCUT2D eigenvalue weighted by molar-refractivity contribution is -0.0511. The Balaban J connectivity index is 1.01. The van der Waals surface area contributed by atoms with E-state index in [9.17, 15) is 0 Å². The molecule has 0 aromatic heterocycles. The number of anilines is 3. The second-order valence-electron chi connectivity index (χ2n) is 19.5. The van der Waals surface area contributed by atoms with E-state index >= 15 is 0 Å². The molecule has 3 saturated heterocycles. The molecule has 5 saturated carbocycles. The fraction of sp³-hybridized carbons (Fsp3) is 0.600. The van der Waals surface area contributed by atoms with Crippen molar-refractivity contribution in [2.45, 2.75) is 176 Å². The third-order valence-electron chi connectivity index (χ3n) is 16.7. The van der Waals surface area contributed by atoms with Crippen LogP contribution in [0, 0.1) is 5.92 Å². The number of fused-ring (bicyclic) bond motifs is 9. The monoisotopic (exact) mass is 846 g/mol. The molecule has 4 nitrogen and oxygen atoms in total. The second kappa shape index (κ2) is 15.0. The van der Waals surface area contributed by atoms with E-state index in [1.807, 2.05) is 5.31 Å². The van der Waals surface area contributed by atoms with E-state index in [0.29, 0.717) is 57.7 Å². The molecule has 304 valence electrons. The molecular weight excluding hydrogens is 787 g/mol. The molecule has 13 rings (SSSR count). The third kappa shape index (κ3) is 5.72. The van der Waals surface area contributed by atoms with Crippen molar-refractivity contribution in [2.75, 3.05) is 9.80 Å². The van der Waals surface area contributed by atoms with Crippen LogP contribution in [0.15, 0.2) is 102 Å². The van der Waals surface area contributed by atoms with E-state index in [0.717, 1.165) is 27.9 Å². The first-order chi connectivity index (χ1) is 28.8. The molecule has 5 aliphatic heterocycles. The fourth-order valence-electron chi connectivity index (χ4n) is 14.6. The largest absolute Gasteiger partial charge is 0.475 e. The Morgan fingerprint density at radius 2 is 1.19 bits per heavy atom. The Morgan fingerprint density at radius 3 is 1.95 bits per heavy atom. The average Bonchev–Trinajstić information content (AvgIpc) is 3.61. The van der Waals surface area contributed by atoms with E-state index in [4.69, 9.17) is 9.47 Å². The minimum Gasteiger partial charge on any atom is -0.475 e. The lowest BCUT2D eigenvalue weighted by Gasteiger charge is -2.67. The minimum atomic E-state index is -0.380. The molecular formula is C50H60N2O2P2S2. The molecule has 3 aromatic rings. The van der Waals surface area contributed by atoms with Gasteiger partial charge in [0.15, 0.2) is 5.88 Å². The molecule has 58 heavy (non-hydrogen) atoms. The molecule has 5 heterocycles. The maximum atomic E-state index is 7.60. The molecule has 10 aliphatic rings. The van der Waals surface area contributed by atoms with Gasteiger partial charge >= 0.3 is 0 Å². The summed E-state index contributed by atoms with van der Waals surface area (Å²) in [5.74, 6) is 2.01. The van der Waals surface area contributed by atoms with Gasteiger partial charge in [0.2, 0.25) is 0 Å². The van der Waals surface area contributed by atoms with Crippen LogP contribution in [-0.2, 0) is 9.47 Å². The zero-order chi connectivity index (χ0) is 37.9. The van der Waals surface area contributed by atoms with Gasteiger partial charge in [0.25, 0.3) is 0 Å². The van der Waals surface area contributed by atoms with E-state index in [-0.39, 0.29) is 15.8 Å². The van der Waals surface area contributed by atoms with Crippen LogP contribution in [0.4, 0.5) is 17.1 Å². The van der Waals surface area contributed by atoms with Gasteiger partial charge < -0.3 is 19.3 Å². The predicted molar refractivity (Wildman–Crippen MR) is 248 cm³/mol. The topological polar surface area (TPSA) is 24.9 Å². The van der Waals surface area contributed by atoms with E-state index in [2.05, 4.69) is 124 Å². The third-order valence-corrected chi connectivity index (χ3v) is 28.8. The van der Waals surface area contributed by atoms with Crippen molar-refractivity contribution >= 4 is 56.4 Å². The summed E-state index contributed by atoms with van der Waals surface area (Å²) >= 11 is 5.01. The summed E-state index contributed by atoms with van der Waals surface area (Å²) in [5.41, 5.74) is 8.06. The average molecular weight is 847 g/mol. The number of rotatable bonds is 4. The van der Waals surface area contributed by atoms with Crippen LogP contribution >= 0.6 is 39.4 Å². The van der Waals surface area contributed by atoms with Crippen molar-refractivity contribution in [2.24, 2.45) is 5.92 Å². The fourth-order valence-corrected chi connectivity index (χ4v) is 29.7. The molecule has 0 radical (unpaired) electrons. The van der Waals surface area contributed by atoms with Crippen LogP contribution in [-0.4, -0.2) is 79.7 Å². The SMILES string of the molecule is c1ccc(N2C3=C(C4CCCCC42)P2C4CC5C(SC6CCCC7OC8CCCCC8P5C76)C(N(c5ccccc5)c5ccccc5)C4SC4CCCC(O3)C42)cc1. The molecule has 8 fully saturated rings. The van der Waals surface area contributed by atoms with Gasteiger partial charge in [-0.1, -0.05) is 96.1 Å². The summed E-state index contributed by atoms with van der Waals surface area (Å²) in [7, 11) is -0.535. The van der Waals surface area contributed by atoms with Crippen molar-refractivity contribution in [1.29, 1.82) is 0 Å². The number of nitrogens with zero attached hydrogens (tertiary/aromatic N) is 2. The molecule has 0 N–H and O–H groups in total. The van der Waals surface area contributed by atoms with Gasteiger partial charge in [-0.25, -0.2) is 0 Å². The van der Waals surface area contributed by atoms with Gasteiger partial charge in [-0.05, 0) is 118 Å². The number of benzene rings is 3. The minimum absolute atomic E-state index is 0.156. The van der Waals surface area contributed by atoms with Crippen molar-refractivity contribution in [3.05, 3.63) is 102 Å². The Labute approximate surface area is 357 Å². The number of para-hydroxylation sites is 3. The highest BCUT2D eigenvalue weighted by atomic mass is 32.2. The summed E-state index contributed by atoms with van der Waals surface area (Å²) < 4.78 is 14.9. The summed E-state index contributed by atoms with van der Waals surface area (Å²) in [4.78, 5) is 5.73. The number of hydrogen-bond donors (Lipinski definition) is 0. The van der Waals surface area contributed by atoms with Gasteiger partial charge in [-0.3, -0.25) is 0 Å². The first kappa shape index (κ1) is 36.9. The van der Waals surface area contributed by atoms with Gasteiger partial charge in [-0.15, -0.1) is 0 Å². The highest BCUT2D eigenvalue weighted by Crippen LogP contribution is 2.79. The number of thioether (sulfide) groups is 2. The lowest BCUT2D eigenvalue weighted by Crippen LogP contribution is -2.67. The first-order valence-corrected chi connectivity index (χ1v) is 28.4. The van der Waals surface area contributed by atoms with Gasteiger partial charge in [0.1, 0.15) is 6.10 Å². The van der Waals surface area contributed by atoms with Crippen molar-refractivity contribution in [1.82, 2.24) is 0 Å². The standard InChI is InChI=1S/C50H60N2O2P2S2/c1-4-16-31(17-5-1)51(32-18-6-2-7-19-32)44-48-40(55-39-27-13-12-24-36(39)53-37-25-14-28-42(57-48)46(37)55)30-41-49(44)58-43-29-15-26-38-47(43)56(41)45-34-22-10-11-23-35(34)52(50(45)54-38)33-20-8-3-9-21-33/h1-9,16-21,34-44,46-49H,10-15,22-30H2. The van der Waals surface area contributed by atoms with Crippen molar-refractivity contribution < 1.29 is 9.47 Å². The highest BCUT2D eigenvalue weighted by molar-refractivity contribution is 8.03. The normalized spacial score (nSPS) is 44.6. The van der Waals surface area contributed by atoms with Crippen LogP contribution in [0.3, 0.4) is 0 Å². The molecule has 0 bridgehead atoms. The smallest absolute Gasteiger partial charge is 0.198 e. The Hall–Kier alpha value is -1.68. The van der Waals surface area contributed by atoms with E-state index < -0.39 is 0 Å². The molecule has 17 atom stereocenters. The lowest BCUT2D eigenvalue weighted by atomic mass is 9.85. The van der Waals surface area contributed by atoms with Crippen LogP contribution < -0.4 is 9.80 Å². The number of hydrogen-bond acceptors (Lipinski definition) is 6. The summed E-state index contributed by atoms with van der Waals surface area (Å²) in [6, 6.07) is 36.0. The first-order valence-electron chi connectivity index (χ1n) is 23.5. The van der Waals surface area contributed by atoms with Crippen LogP contribution in [0.5, 0.6) is 0 Å². The van der Waals surface area contributed by atoms with E-state index in [1.54, 1.807) is 0 Å². The molecule has 8 heteroatoms. The van der Waals surface area contributed by atoms with Crippen molar-refractivity contribution in [3.8, 4) is 0 Å². The van der Waals surface area contributed by atoms with Gasteiger partial charge in [-0.2, -0.15) is 23.5 Å². The Kier molecular flexibility index (Phi) is 9.55. The van der Waals surface area contributed by atoms with Crippen molar-refractivity contribution in [3.63, 3.8) is 0 Å². The second-order valence-corrected chi connectivity index (χ2v) is 27.7. The van der Waals surface area contributed by atoms with Crippen LogP contribution in [0.2, 0.25) is 0 Å². The molecule has 3 aromatic carbocycles. The Bertz CT molecular complexity index is 1970. The molecule has 0 amide bonds. The van der Waals surface area contributed by atoms with Gasteiger partial charge in [0, 0.05) is 72.3 Å². The summed E-state index contributed by atoms with van der Waals surface area (Å²) in [5, 5.41) is 4.61. The number of ether oxygens (including phenoxy) is 2. The Morgan fingerprint density at radius 1 is 0.569 bits per heavy atom. The highest BCUT2D eigenvalue weighted by Gasteiger charge is 2.67. The van der Waals surface area contributed by atoms with E-state index in [1.165, 1.54) is 119 Å².